The Labute approximate surface area is 207 Å². The Bertz CT molecular complexity index is 1210. The Hall–Kier alpha value is -4.61. The van der Waals surface area contributed by atoms with Gasteiger partial charge in [-0.15, -0.1) is 0 Å². The fourth-order valence-corrected chi connectivity index (χ4v) is 2.94. The second-order valence-electron chi connectivity index (χ2n) is 7.27. The summed E-state index contributed by atoms with van der Waals surface area (Å²) >= 11 is 0. The topological polar surface area (TPSA) is 144 Å². The maximum absolute atomic E-state index is 12.1. The molecule has 2 heterocycles. The number of nitrogens with one attached hydrogen (secondary N) is 1. The summed E-state index contributed by atoms with van der Waals surface area (Å²) in [4.78, 5) is 32.1. The Kier molecular flexibility index (Phi) is 8.81. The standard InChI is InChI=1S/C24H26N4O8/c1-14-17(15(2)36-28-14)12-34-18-8-6-16(10-19(18)31-3)7-9-23(30)35-13-20(29)25-24-26-21(32-4)11-22(27-24)33-5/h6-11H,12-13H2,1-5H3,(H,25,26,27,29)/b9-7+. The highest BCUT2D eigenvalue weighted by molar-refractivity contribution is 5.93. The average molecular weight is 498 g/mol. The molecule has 0 spiro atoms. The van der Waals surface area contributed by atoms with Crippen molar-refractivity contribution >= 4 is 23.9 Å². The summed E-state index contributed by atoms with van der Waals surface area (Å²) in [6.45, 7) is 3.39. The van der Waals surface area contributed by atoms with E-state index < -0.39 is 18.5 Å². The number of aryl methyl sites for hydroxylation is 2. The highest BCUT2D eigenvalue weighted by Gasteiger charge is 2.13. The van der Waals surface area contributed by atoms with Crippen molar-refractivity contribution in [1.82, 2.24) is 15.1 Å². The van der Waals surface area contributed by atoms with Gasteiger partial charge in [0.1, 0.15) is 12.4 Å². The van der Waals surface area contributed by atoms with E-state index in [1.165, 1.54) is 39.5 Å². The van der Waals surface area contributed by atoms with Crippen LogP contribution in [0.4, 0.5) is 5.95 Å². The predicted molar refractivity (Wildman–Crippen MR) is 127 cm³/mol. The van der Waals surface area contributed by atoms with Crippen molar-refractivity contribution in [3.63, 3.8) is 0 Å². The summed E-state index contributed by atoms with van der Waals surface area (Å²) in [6.07, 6.45) is 2.72. The molecular formula is C24H26N4O8. The molecule has 0 saturated heterocycles. The van der Waals surface area contributed by atoms with Crippen molar-refractivity contribution < 1.29 is 37.8 Å². The molecular weight excluding hydrogens is 472 g/mol. The van der Waals surface area contributed by atoms with E-state index in [9.17, 15) is 9.59 Å². The normalized spacial score (nSPS) is 10.7. The van der Waals surface area contributed by atoms with Gasteiger partial charge in [0.15, 0.2) is 18.1 Å². The lowest BCUT2D eigenvalue weighted by Gasteiger charge is -2.11. The van der Waals surface area contributed by atoms with Crippen molar-refractivity contribution in [1.29, 1.82) is 0 Å². The van der Waals surface area contributed by atoms with Crippen LogP contribution < -0.4 is 24.3 Å². The zero-order chi connectivity index (χ0) is 26.1. The SMILES string of the molecule is COc1cc(OC)nc(NC(=O)COC(=O)/C=C/c2ccc(OCc3c(C)noc3C)c(OC)c2)n1. The summed E-state index contributed by atoms with van der Waals surface area (Å²) in [6, 6.07) is 6.62. The van der Waals surface area contributed by atoms with Crippen LogP contribution in [0.1, 0.15) is 22.6 Å². The first-order chi connectivity index (χ1) is 17.3. The highest BCUT2D eigenvalue weighted by atomic mass is 16.5. The number of esters is 1. The zero-order valence-corrected chi connectivity index (χ0v) is 20.5. The number of hydrogen-bond donors (Lipinski definition) is 1. The quantitative estimate of drug-likeness (QED) is 0.308. The first kappa shape index (κ1) is 26.0. The Morgan fingerprint density at radius 2 is 1.72 bits per heavy atom. The fourth-order valence-electron chi connectivity index (χ4n) is 2.94. The summed E-state index contributed by atoms with van der Waals surface area (Å²) in [5.74, 6) is 0.692. The molecule has 12 nitrogen and oxygen atoms in total. The number of ether oxygens (including phenoxy) is 5. The summed E-state index contributed by atoms with van der Waals surface area (Å²) < 4.78 is 31.4. The number of anilines is 1. The van der Waals surface area contributed by atoms with Gasteiger partial charge < -0.3 is 28.2 Å². The van der Waals surface area contributed by atoms with Gasteiger partial charge in [-0.05, 0) is 37.6 Å². The molecule has 0 radical (unpaired) electrons. The number of nitrogens with zero attached hydrogens (tertiary/aromatic N) is 3. The molecule has 1 amide bonds. The second-order valence-corrected chi connectivity index (χ2v) is 7.27. The van der Waals surface area contributed by atoms with Crippen LogP contribution in [0.15, 0.2) is 34.9 Å². The molecule has 3 rings (SSSR count). The van der Waals surface area contributed by atoms with Crippen molar-refractivity contribution in [2.75, 3.05) is 33.3 Å². The van der Waals surface area contributed by atoms with E-state index in [0.717, 1.165) is 11.3 Å². The molecule has 0 unspecified atom stereocenters. The lowest BCUT2D eigenvalue weighted by molar-refractivity contribution is -0.142. The molecule has 0 atom stereocenters. The summed E-state index contributed by atoms with van der Waals surface area (Å²) in [7, 11) is 4.34. The maximum Gasteiger partial charge on any atom is 0.331 e. The van der Waals surface area contributed by atoms with E-state index in [1.807, 2.05) is 13.8 Å². The molecule has 1 aromatic carbocycles. The maximum atomic E-state index is 12.1. The van der Waals surface area contributed by atoms with Crippen LogP contribution in [0.5, 0.6) is 23.3 Å². The van der Waals surface area contributed by atoms with Crippen LogP contribution >= 0.6 is 0 Å². The largest absolute Gasteiger partial charge is 0.493 e. The molecule has 36 heavy (non-hydrogen) atoms. The van der Waals surface area contributed by atoms with Crippen molar-refractivity contribution in [2.24, 2.45) is 0 Å². The molecule has 0 aliphatic carbocycles. The van der Waals surface area contributed by atoms with Gasteiger partial charge in [-0.25, -0.2) is 4.79 Å². The lowest BCUT2D eigenvalue weighted by Crippen LogP contribution is -2.21. The Morgan fingerprint density at radius 1 is 1.00 bits per heavy atom. The Balaban J connectivity index is 1.54. The minimum atomic E-state index is -0.716. The van der Waals surface area contributed by atoms with E-state index in [0.29, 0.717) is 22.8 Å². The number of benzene rings is 1. The molecule has 0 fully saturated rings. The number of rotatable bonds is 11. The van der Waals surface area contributed by atoms with E-state index >= 15 is 0 Å². The van der Waals surface area contributed by atoms with Gasteiger partial charge in [0.25, 0.3) is 5.91 Å². The summed E-state index contributed by atoms with van der Waals surface area (Å²) in [5.41, 5.74) is 2.29. The molecule has 0 bridgehead atoms. The summed E-state index contributed by atoms with van der Waals surface area (Å²) in [5, 5.41) is 6.31. The number of hydrogen-bond acceptors (Lipinski definition) is 11. The number of carbonyl (C=O) groups excluding carboxylic acids is 2. The van der Waals surface area contributed by atoms with Crippen LogP contribution in [0.25, 0.3) is 6.08 Å². The smallest absolute Gasteiger partial charge is 0.331 e. The third-order valence-electron chi connectivity index (χ3n) is 4.85. The van der Waals surface area contributed by atoms with Crippen LogP contribution in [0, 0.1) is 13.8 Å². The molecule has 2 aromatic heterocycles. The number of amides is 1. The second kappa shape index (κ2) is 12.2. The monoisotopic (exact) mass is 498 g/mol. The first-order valence-electron chi connectivity index (χ1n) is 10.7. The number of carbonyl (C=O) groups is 2. The predicted octanol–water partition coefficient (Wildman–Crippen LogP) is 2.88. The van der Waals surface area contributed by atoms with Crippen LogP contribution in [0.2, 0.25) is 0 Å². The minimum Gasteiger partial charge on any atom is -0.493 e. The minimum absolute atomic E-state index is 0.0495. The molecule has 3 aromatic rings. The van der Waals surface area contributed by atoms with Crippen molar-refractivity contribution in [3.05, 3.63) is 52.9 Å². The molecule has 0 aliphatic rings. The van der Waals surface area contributed by atoms with E-state index in [-0.39, 0.29) is 24.3 Å². The average Bonchev–Trinajstić information content (AvgIpc) is 3.21. The molecule has 12 heteroatoms. The molecule has 190 valence electrons. The van der Waals surface area contributed by atoms with Gasteiger partial charge in [-0.3, -0.25) is 10.1 Å². The lowest BCUT2D eigenvalue weighted by atomic mass is 10.2. The van der Waals surface area contributed by atoms with E-state index in [2.05, 4.69) is 20.4 Å². The van der Waals surface area contributed by atoms with Crippen LogP contribution in [-0.4, -0.2) is 54.9 Å². The van der Waals surface area contributed by atoms with Crippen molar-refractivity contribution in [2.45, 2.75) is 20.5 Å². The zero-order valence-electron chi connectivity index (χ0n) is 20.5. The van der Waals surface area contributed by atoms with E-state index in [4.69, 9.17) is 28.2 Å². The third kappa shape index (κ3) is 6.95. The van der Waals surface area contributed by atoms with Gasteiger partial charge in [0, 0.05) is 6.08 Å². The van der Waals surface area contributed by atoms with Gasteiger partial charge in [0.2, 0.25) is 17.7 Å². The molecule has 0 aliphatic heterocycles. The van der Waals surface area contributed by atoms with Gasteiger partial charge in [0.05, 0.1) is 38.7 Å². The molecule has 0 saturated carbocycles. The fraction of sp³-hybridized carbons (Fsp3) is 0.292. The highest BCUT2D eigenvalue weighted by Crippen LogP contribution is 2.30. The first-order valence-corrected chi connectivity index (χ1v) is 10.7. The van der Waals surface area contributed by atoms with Gasteiger partial charge in [-0.2, -0.15) is 9.97 Å². The van der Waals surface area contributed by atoms with E-state index in [1.54, 1.807) is 18.2 Å². The van der Waals surface area contributed by atoms with Crippen LogP contribution in [0.3, 0.4) is 0 Å². The van der Waals surface area contributed by atoms with Crippen LogP contribution in [-0.2, 0) is 20.9 Å². The Morgan fingerprint density at radius 3 is 2.33 bits per heavy atom. The number of aromatic nitrogens is 3. The van der Waals surface area contributed by atoms with Gasteiger partial charge >= 0.3 is 5.97 Å². The number of methoxy groups -OCH3 is 3. The third-order valence-corrected chi connectivity index (χ3v) is 4.85. The van der Waals surface area contributed by atoms with Gasteiger partial charge in [-0.1, -0.05) is 11.2 Å². The van der Waals surface area contributed by atoms with Crippen molar-refractivity contribution in [3.8, 4) is 23.3 Å². The molecule has 1 N–H and O–H groups in total.